The largest absolute Gasteiger partial charge is 0.294 e. The molecule has 1 heterocycles. The summed E-state index contributed by atoms with van der Waals surface area (Å²) in [5.41, 5.74) is 2.63. The summed E-state index contributed by atoms with van der Waals surface area (Å²) in [6.45, 7) is 5.89. The summed E-state index contributed by atoms with van der Waals surface area (Å²) in [4.78, 5) is 17.7. The molecule has 2 rings (SSSR count). The third-order valence-corrected chi connectivity index (χ3v) is 4.36. The van der Waals surface area contributed by atoms with Gasteiger partial charge in [-0.05, 0) is 44.5 Å². The Balaban J connectivity index is 2.19. The number of Topliss-reactive ketones (excluding diaryl/α,β-unsaturated/α-hetero) is 1. The monoisotopic (exact) mass is 279 g/mol. The first-order chi connectivity index (χ1) is 8.47. The van der Waals surface area contributed by atoms with Gasteiger partial charge in [-0.3, -0.25) is 4.79 Å². The highest BCUT2D eigenvalue weighted by Crippen LogP contribution is 2.20. The fourth-order valence-corrected chi connectivity index (χ4v) is 2.72. The third-order valence-electron chi connectivity index (χ3n) is 2.86. The smallest absolute Gasteiger partial charge is 0.169 e. The van der Waals surface area contributed by atoms with Gasteiger partial charge in [0.05, 0.1) is 12.1 Å². The first kappa shape index (κ1) is 13.2. The number of halogens is 1. The lowest BCUT2D eigenvalue weighted by Gasteiger charge is -2.02. The summed E-state index contributed by atoms with van der Waals surface area (Å²) in [6, 6.07) is 5.37. The van der Waals surface area contributed by atoms with Gasteiger partial charge in [-0.25, -0.2) is 4.98 Å². The molecule has 0 saturated heterocycles. The molecule has 0 fully saturated rings. The van der Waals surface area contributed by atoms with Crippen LogP contribution < -0.4 is 0 Å². The average Bonchev–Trinajstić information content (AvgIpc) is 2.61. The minimum atomic E-state index is 0.0866. The van der Waals surface area contributed by atoms with E-state index in [1.165, 1.54) is 4.88 Å². The van der Waals surface area contributed by atoms with Crippen molar-refractivity contribution in [3.63, 3.8) is 0 Å². The Kier molecular flexibility index (Phi) is 3.83. The Bertz CT molecular complexity index is 584. The summed E-state index contributed by atoms with van der Waals surface area (Å²) >= 11 is 7.53. The van der Waals surface area contributed by atoms with Crippen molar-refractivity contribution in [2.45, 2.75) is 27.2 Å². The van der Waals surface area contributed by atoms with Crippen molar-refractivity contribution in [2.75, 3.05) is 0 Å². The Morgan fingerprint density at radius 2 is 2.06 bits per heavy atom. The molecule has 18 heavy (non-hydrogen) atoms. The van der Waals surface area contributed by atoms with Crippen molar-refractivity contribution in [2.24, 2.45) is 0 Å². The highest BCUT2D eigenvalue weighted by atomic mass is 35.5. The number of carbonyl (C=O) groups is 1. The topological polar surface area (TPSA) is 30.0 Å². The molecule has 94 valence electrons. The van der Waals surface area contributed by atoms with E-state index in [0.29, 0.717) is 17.0 Å². The molecule has 2 nitrogen and oxygen atoms in total. The Morgan fingerprint density at radius 1 is 1.33 bits per heavy atom. The van der Waals surface area contributed by atoms with Gasteiger partial charge in [0.2, 0.25) is 0 Å². The molecule has 0 radical (unpaired) electrons. The first-order valence-corrected chi connectivity index (χ1v) is 6.89. The molecule has 2 aromatic rings. The second kappa shape index (κ2) is 5.21. The number of benzene rings is 1. The van der Waals surface area contributed by atoms with Crippen LogP contribution in [0.5, 0.6) is 0 Å². The number of ketones is 1. The van der Waals surface area contributed by atoms with Gasteiger partial charge in [-0.2, -0.15) is 0 Å². The summed E-state index contributed by atoms with van der Waals surface area (Å²) < 4.78 is 0. The number of hydrogen-bond donors (Lipinski definition) is 0. The quantitative estimate of drug-likeness (QED) is 0.790. The summed E-state index contributed by atoms with van der Waals surface area (Å²) in [5, 5.41) is 1.56. The van der Waals surface area contributed by atoms with Gasteiger partial charge < -0.3 is 0 Å². The molecule has 0 atom stereocenters. The minimum absolute atomic E-state index is 0.0866. The van der Waals surface area contributed by atoms with E-state index in [4.69, 9.17) is 11.6 Å². The highest BCUT2D eigenvalue weighted by Gasteiger charge is 2.12. The van der Waals surface area contributed by atoms with Crippen molar-refractivity contribution >= 4 is 28.7 Å². The van der Waals surface area contributed by atoms with Crippen LogP contribution in [-0.4, -0.2) is 10.8 Å². The van der Waals surface area contributed by atoms with E-state index in [1.54, 1.807) is 23.5 Å². The van der Waals surface area contributed by atoms with Crippen LogP contribution >= 0.6 is 22.9 Å². The van der Waals surface area contributed by atoms with Crippen LogP contribution in [0.2, 0.25) is 5.02 Å². The third kappa shape index (κ3) is 2.79. The molecule has 0 aliphatic heterocycles. The van der Waals surface area contributed by atoms with Crippen molar-refractivity contribution in [1.82, 2.24) is 4.98 Å². The summed E-state index contributed by atoms with van der Waals surface area (Å²) in [7, 11) is 0. The predicted molar refractivity (Wildman–Crippen MR) is 75.8 cm³/mol. The van der Waals surface area contributed by atoms with Gasteiger partial charge in [0.1, 0.15) is 5.01 Å². The lowest BCUT2D eigenvalue weighted by atomic mass is 10.1. The zero-order valence-corrected chi connectivity index (χ0v) is 12.2. The number of hydrogen-bond acceptors (Lipinski definition) is 3. The molecule has 0 bridgehead atoms. The van der Waals surface area contributed by atoms with E-state index in [2.05, 4.69) is 4.98 Å². The number of aryl methyl sites for hydroxylation is 3. The van der Waals surface area contributed by atoms with Crippen LogP contribution in [0.1, 0.15) is 31.5 Å². The molecule has 1 aromatic carbocycles. The summed E-state index contributed by atoms with van der Waals surface area (Å²) in [5.74, 6) is 0.0866. The maximum Gasteiger partial charge on any atom is 0.169 e. The second-order valence-electron chi connectivity index (χ2n) is 4.31. The van der Waals surface area contributed by atoms with Gasteiger partial charge in [0.25, 0.3) is 0 Å². The number of nitrogens with zero attached hydrogens (tertiary/aromatic N) is 1. The van der Waals surface area contributed by atoms with E-state index in [1.807, 2.05) is 26.8 Å². The molecule has 1 aromatic heterocycles. The Hall–Kier alpha value is -1.19. The zero-order valence-electron chi connectivity index (χ0n) is 10.6. The van der Waals surface area contributed by atoms with Crippen molar-refractivity contribution in [3.05, 3.63) is 49.9 Å². The van der Waals surface area contributed by atoms with Crippen LogP contribution in [0.15, 0.2) is 18.2 Å². The molecule has 0 aliphatic carbocycles. The van der Waals surface area contributed by atoms with E-state index >= 15 is 0 Å². The standard InChI is InChI=1S/C14H14ClNOS/c1-8-6-11(4-5-12(8)15)13(17)7-14-16-9(2)10(3)18-14/h4-6H,7H2,1-3H3. The van der Waals surface area contributed by atoms with Gasteiger partial charge in [-0.1, -0.05) is 11.6 Å². The molecule has 0 saturated carbocycles. The minimum Gasteiger partial charge on any atom is -0.294 e. The van der Waals surface area contributed by atoms with Crippen LogP contribution in [-0.2, 0) is 6.42 Å². The fourth-order valence-electron chi connectivity index (χ4n) is 1.67. The van der Waals surface area contributed by atoms with E-state index in [0.717, 1.165) is 16.3 Å². The number of rotatable bonds is 3. The Morgan fingerprint density at radius 3 is 2.61 bits per heavy atom. The van der Waals surface area contributed by atoms with Gasteiger partial charge in [0.15, 0.2) is 5.78 Å². The molecule has 0 N–H and O–H groups in total. The second-order valence-corrected chi connectivity index (χ2v) is 6.01. The molecular formula is C14H14ClNOS. The molecule has 0 amide bonds. The van der Waals surface area contributed by atoms with E-state index < -0.39 is 0 Å². The Labute approximate surface area is 116 Å². The van der Waals surface area contributed by atoms with E-state index in [-0.39, 0.29) is 5.78 Å². The maximum atomic E-state index is 12.1. The molecule has 4 heteroatoms. The van der Waals surface area contributed by atoms with Gasteiger partial charge >= 0.3 is 0 Å². The van der Waals surface area contributed by atoms with Crippen molar-refractivity contribution < 1.29 is 4.79 Å². The predicted octanol–water partition coefficient (Wildman–Crippen LogP) is 4.15. The summed E-state index contributed by atoms with van der Waals surface area (Å²) in [6.07, 6.45) is 0.362. The fraction of sp³-hybridized carbons (Fsp3) is 0.286. The number of carbonyl (C=O) groups excluding carboxylic acids is 1. The lowest BCUT2D eigenvalue weighted by Crippen LogP contribution is -2.03. The molecule has 0 unspecified atom stereocenters. The van der Waals surface area contributed by atoms with Crippen molar-refractivity contribution in [3.8, 4) is 0 Å². The SMILES string of the molecule is Cc1cc(C(=O)Cc2nc(C)c(C)s2)ccc1Cl. The van der Waals surface area contributed by atoms with Crippen LogP contribution in [0, 0.1) is 20.8 Å². The normalized spacial score (nSPS) is 10.7. The van der Waals surface area contributed by atoms with E-state index in [9.17, 15) is 4.79 Å². The maximum absolute atomic E-state index is 12.1. The van der Waals surface area contributed by atoms with Crippen LogP contribution in [0.25, 0.3) is 0 Å². The number of aromatic nitrogens is 1. The van der Waals surface area contributed by atoms with Crippen molar-refractivity contribution in [1.29, 1.82) is 0 Å². The average molecular weight is 280 g/mol. The first-order valence-electron chi connectivity index (χ1n) is 5.69. The molecule has 0 aliphatic rings. The van der Waals surface area contributed by atoms with Gasteiger partial charge in [0, 0.05) is 15.5 Å². The number of thiazole rings is 1. The van der Waals surface area contributed by atoms with Crippen LogP contribution in [0.3, 0.4) is 0 Å². The highest BCUT2D eigenvalue weighted by molar-refractivity contribution is 7.11. The van der Waals surface area contributed by atoms with Gasteiger partial charge in [-0.15, -0.1) is 11.3 Å². The van der Waals surface area contributed by atoms with Crippen LogP contribution in [0.4, 0.5) is 0 Å². The lowest BCUT2D eigenvalue weighted by molar-refractivity contribution is 0.0993. The molecule has 0 spiro atoms. The zero-order chi connectivity index (χ0) is 13.3. The molecular weight excluding hydrogens is 266 g/mol.